The van der Waals surface area contributed by atoms with Gasteiger partial charge in [-0.2, -0.15) is 0 Å². The highest BCUT2D eigenvalue weighted by Crippen LogP contribution is 2.46. The molecule has 0 spiro atoms. The summed E-state index contributed by atoms with van der Waals surface area (Å²) in [5.41, 5.74) is 2.28. The number of halogens is 1. The summed E-state index contributed by atoms with van der Waals surface area (Å²) in [6, 6.07) is 11.7. The number of hydrogen-bond acceptors (Lipinski definition) is 5. The van der Waals surface area contributed by atoms with Crippen LogP contribution >= 0.6 is 11.6 Å². The number of nitrogens with zero attached hydrogens (tertiary/aromatic N) is 1. The van der Waals surface area contributed by atoms with Gasteiger partial charge in [0, 0.05) is 35.2 Å². The quantitative estimate of drug-likeness (QED) is 0.293. The zero-order valence-electron chi connectivity index (χ0n) is 18.0. The summed E-state index contributed by atoms with van der Waals surface area (Å²) < 4.78 is 5.36. The van der Waals surface area contributed by atoms with E-state index in [0.717, 1.165) is 10.9 Å². The molecule has 0 aliphatic carbocycles. The van der Waals surface area contributed by atoms with Gasteiger partial charge in [-0.15, -0.1) is 11.6 Å². The third-order valence-electron chi connectivity index (χ3n) is 6.23. The molecule has 1 amide bonds. The molecule has 0 saturated carbocycles. The van der Waals surface area contributed by atoms with Gasteiger partial charge < -0.3 is 24.8 Å². The Bertz CT molecular complexity index is 1460. The fourth-order valence-corrected chi connectivity index (χ4v) is 4.96. The Labute approximate surface area is 194 Å². The molecule has 1 aliphatic heterocycles. The van der Waals surface area contributed by atoms with Crippen molar-refractivity contribution in [2.24, 2.45) is 0 Å². The minimum atomic E-state index is -0.323. The van der Waals surface area contributed by atoms with Crippen molar-refractivity contribution in [3.63, 3.8) is 0 Å². The fourth-order valence-electron chi connectivity index (χ4n) is 4.71. The Morgan fingerprint density at radius 2 is 1.91 bits per heavy atom. The number of carbonyl (C=O) groups is 2. The topological polar surface area (TPSA) is 103 Å². The van der Waals surface area contributed by atoms with E-state index >= 15 is 0 Å². The van der Waals surface area contributed by atoms with Crippen molar-refractivity contribution in [1.29, 1.82) is 0 Å². The molecule has 3 N–H and O–H groups in total. The Morgan fingerprint density at radius 1 is 1.12 bits per heavy atom. The van der Waals surface area contributed by atoms with Gasteiger partial charge in [-0.25, -0.2) is 0 Å². The zero-order chi connectivity index (χ0) is 23.4. The largest absolute Gasteiger partial charge is 0.507 e. The van der Waals surface area contributed by atoms with Crippen molar-refractivity contribution < 1.29 is 24.5 Å². The van der Waals surface area contributed by atoms with Crippen LogP contribution in [0.5, 0.6) is 17.2 Å². The maximum absolute atomic E-state index is 13.6. The molecule has 0 saturated heterocycles. The summed E-state index contributed by atoms with van der Waals surface area (Å²) in [5.74, 6) is 0.0780. The van der Waals surface area contributed by atoms with Gasteiger partial charge in [-0.05, 0) is 54.3 Å². The summed E-state index contributed by atoms with van der Waals surface area (Å²) in [6.45, 7) is 1.70. The number of hydrogen-bond donors (Lipinski definition) is 3. The fraction of sp³-hybridized carbons (Fsp3) is 0.200. The van der Waals surface area contributed by atoms with Crippen molar-refractivity contribution in [2.45, 2.75) is 12.8 Å². The van der Waals surface area contributed by atoms with Gasteiger partial charge in [0.05, 0.1) is 23.9 Å². The molecule has 0 bridgehead atoms. The van der Waals surface area contributed by atoms with Crippen molar-refractivity contribution >= 4 is 50.7 Å². The van der Waals surface area contributed by atoms with Gasteiger partial charge in [0.15, 0.2) is 5.78 Å². The number of ketones is 1. The number of rotatable bonds is 4. The number of phenols is 2. The summed E-state index contributed by atoms with van der Waals surface area (Å²) in [7, 11) is 1.57. The van der Waals surface area contributed by atoms with E-state index in [9.17, 15) is 19.8 Å². The molecule has 33 heavy (non-hydrogen) atoms. The summed E-state index contributed by atoms with van der Waals surface area (Å²) in [4.78, 5) is 30.2. The lowest BCUT2D eigenvalue weighted by Gasteiger charge is -2.18. The minimum absolute atomic E-state index is 0.0554. The Morgan fingerprint density at radius 3 is 2.61 bits per heavy atom. The van der Waals surface area contributed by atoms with Crippen LogP contribution < -0.4 is 9.64 Å². The molecule has 1 aromatic heterocycles. The van der Waals surface area contributed by atoms with E-state index in [0.29, 0.717) is 40.2 Å². The molecule has 1 aliphatic rings. The molecule has 168 valence electrons. The molecule has 1 atom stereocenters. The van der Waals surface area contributed by atoms with Crippen LogP contribution in [0.4, 0.5) is 5.69 Å². The smallest absolute Gasteiger partial charge is 0.274 e. The van der Waals surface area contributed by atoms with E-state index in [2.05, 4.69) is 4.98 Å². The van der Waals surface area contributed by atoms with E-state index in [1.165, 1.54) is 13.0 Å². The Kier molecular flexibility index (Phi) is 4.94. The van der Waals surface area contributed by atoms with Crippen molar-refractivity contribution in [3.05, 3.63) is 59.3 Å². The molecular formula is C25H21ClN2O5. The van der Waals surface area contributed by atoms with Crippen LogP contribution in [0.25, 0.3) is 21.7 Å². The van der Waals surface area contributed by atoms with Crippen LogP contribution in [0.1, 0.15) is 39.3 Å². The number of aromatic nitrogens is 1. The highest BCUT2D eigenvalue weighted by atomic mass is 35.5. The number of anilines is 1. The number of ether oxygens (including phenoxy) is 1. The van der Waals surface area contributed by atoms with E-state index in [4.69, 9.17) is 16.3 Å². The molecule has 5 rings (SSSR count). The average Bonchev–Trinajstić information content (AvgIpc) is 3.39. The van der Waals surface area contributed by atoms with Gasteiger partial charge in [0.25, 0.3) is 5.91 Å². The highest BCUT2D eigenvalue weighted by Gasteiger charge is 2.35. The van der Waals surface area contributed by atoms with E-state index in [1.54, 1.807) is 42.3 Å². The molecule has 8 heteroatoms. The SMILES string of the molecule is COc1ccc2c(O)cc3c(c2c1)[C@H](CCl)CN3C(=O)c1cc2ccc(O)c(C(C)=O)c2[nH]1. The first-order valence-electron chi connectivity index (χ1n) is 10.4. The van der Waals surface area contributed by atoms with Gasteiger partial charge >= 0.3 is 0 Å². The Balaban J connectivity index is 1.66. The predicted molar refractivity (Wildman–Crippen MR) is 127 cm³/mol. The average molecular weight is 465 g/mol. The summed E-state index contributed by atoms with van der Waals surface area (Å²) in [6.07, 6.45) is 0. The van der Waals surface area contributed by atoms with Crippen LogP contribution in [0.15, 0.2) is 42.5 Å². The minimum Gasteiger partial charge on any atom is -0.507 e. The number of aromatic amines is 1. The molecule has 3 aromatic carbocycles. The first-order valence-corrected chi connectivity index (χ1v) is 10.9. The molecule has 4 aromatic rings. The van der Waals surface area contributed by atoms with E-state index < -0.39 is 0 Å². The summed E-state index contributed by atoms with van der Waals surface area (Å²) >= 11 is 6.30. The normalized spacial score (nSPS) is 15.2. The number of benzene rings is 3. The molecular weight excluding hydrogens is 444 g/mol. The molecule has 7 nitrogen and oxygen atoms in total. The second-order valence-electron chi connectivity index (χ2n) is 8.17. The molecule has 0 radical (unpaired) electrons. The van der Waals surface area contributed by atoms with Crippen LogP contribution in [-0.2, 0) is 0 Å². The number of alkyl halides is 1. The third kappa shape index (κ3) is 3.19. The number of methoxy groups -OCH3 is 1. The lowest BCUT2D eigenvalue weighted by molar-refractivity contribution is 0.0981. The number of Topliss-reactive ketones (excluding diaryl/α,β-unsaturated/α-hetero) is 1. The van der Waals surface area contributed by atoms with Crippen LogP contribution in [-0.4, -0.2) is 46.4 Å². The first-order chi connectivity index (χ1) is 15.8. The Hall–Kier alpha value is -3.71. The zero-order valence-corrected chi connectivity index (χ0v) is 18.7. The van der Waals surface area contributed by atoms with Crippen molar-refractivity contribution in [3.8, 4) is 17.2 Å². The summed E-state index contributed by atoms with van der Waals surface area (Å²) in [5, 5.41) is 22.9. The number of nitrogens with one attached hydrogen (secondary N) is 1. The van der Waals surface area contributed by atoms with Gasteiger partial charge in [0.2, 0.25) is 0 Å². The second-order valence-corrected chi connectivity index (χ2v) is 8.48. The van der Waals surface area contributed by atoms with E-state index in [-0.39, 0.29) is 40.4 Å². The number of aromatic hydroxyl groups is 2. The number of carbonyl (C=O) groups excluding carboxylic acids is 2. The van der Waals surface area contributed by atoms with Crippen LogP contribution in [0.2, 0.25) is 0 Å². The standard InChI is InChI=1S/C25H21ClN2O5/c1-12(29)22-20(30)6-3-13-7-18(27-24(13)22)25(32)28-11-14(10-26)23-17-8-15(33-2)4-5-16(17)21(31)9-19(23)28/h3-9,14,27,30-31H,10-11H2,1-2H3/t14-/m1/s1. The number of H-pyrrole nitrogens is 1. The lowest BCUT2D eigenvalue weighted by Crippen LogP contribution is -2.30. The number of amides is 1. The molecule has 0 fully saturated rings. The van der Waals surface area contributed by atoms with Crippen LogP contribution in [0, 0.1) is 0 Å². The monoisotopic (exact) mass is 464 g/mol. The molecule has 2 heterocycles. The van der Waals surface area contributed by atoms with Gasteiger partial charge in [-0.3, -0.25) is 9.59 Å². The predicted octanol–water partition coefficient (Wildman–Crippen LogP) is 4.93. The second kappa shape index (κ2) is 7.71. The maximum Gasteiger partial charge on any atom is 0.274 e. The molecule has 0 unspecified atom stereocenters. The number of fused-ring (bicyclic) bond motifs is 4. The maximum atomic E-state index is 13.6. The third-order valence-corrected chi connectivity index (χ3v) is 6.61. The number of phenolic OH excluding ortho intramolecular Hbond substituents is 2. The van der Waals surface area contributed by atoms with Crippen LogP contribution in [0.3, 0.4) is 0 Å². The van der Waals surface area contributed by atoms with Gasteiger partial charge in [0.1, 0.15) is 22.9 Å². The van der Waals surface area contributed by atoms with Crippen molar-refractivity contribution in [2.75, 3.05) is 24.4 Å². The van der Waals surface area contributed by atoms with E-state index in [1.807, 2.05) is 6.07 Å². The lowest BCUT2D eigenvalue weighted by atomic mass is 9.95. The van der Waals surface area contributed by atoms with Crippen molar-refractivity contribution in [1.82, 2.24) is 4.98 Å². The highest BCUT2D eigenvalue weighted by molar-refractivity contribution is 6.19. The first kappa shape index (κ1) is 21.2. The van der Waals surface area contributed by atoms with Gasteiger partial charge in [-0.1, -0.05) is 0 Å².